The second-order valence-electron chi connectivity index (χ2n) is 3.48. The van der Waals surface area contributed by atoms with Gasteiger partial charge in [-0.25, -0.2) is 0 Å². The lowest BCUT2D eigenvalue weighted by Gasteiger charge is -2.24. The molecule has 1 aromatic rings. The van der Waals surface area contributed by atoms with Gasteiger partial charge in [-0.05, 0) is 32.0 Å². The molecule has 0 saturated carbocycles. The first-order valence-corrected chi connectivity index (χ1v) is 4.86. The van der Waals surface area contributed by atoms with E-state index in [1.807, 2.05) is 18.0 Å². The van der Waals surface area contributed by atoms with Crippen molar-refractivity contribution in [2.24, 2.45) is 0 Å². The normalized spacial score (nSPS) is 10.0. The quantitative estimate of drug-likeness (QED) is 0.747. The van der Waals surface area contributed by atoms with Gasteiger partial charge in [-0.2, -0.15) is 5.26 Å². The van der Waals surface area contributed by atoms with Crippen molar-refractivity contribution in [2.45, 2.75) is 19.9 Å². The Bertz CT molecular complexity index is 366. The van der Waals surface area contributed by atoms with E-state index in [9.17, 15) is 0 Å². The molecule has 0 amide bonds. The number of hydrogen-bond acceptors (Lipinski definition) is 2. The minimum absolute atomic E-state index is 0.348. The predicted octanol–water partition coefficient (Wildman–Crippen LogP) is 3.06. The van der Waals surface area contributed by atoms with Gasteiger partial charge in [0.2, 0.25) is 0 Å². The molecule has 0 spiro atoms. The van der Waals surface area contributed by atoms with Gasteiger partial charge in [-0.3, -0.25) is 0 Å². The van der Waals surface area contributed by atoms with Crippen molar-refractivity contribution in [3.8, 4) is 6.07 Å². The molecule has 3 heteroatoms. The van der Waals surface area contributed by atoms with Crippen molar-refractivity contribution >= 4 is 17.3 Å². The largest absolute Gasteiger partial charge is 0.371 e. The van der Waals surface area contributed by atoms with Crippen LogP contribution in [0.25, 0.3) is 0 Å². The Labute approximate surface area is 89.7 Å². The van der Waals surface area contributed by atoms with Crippen molar-refractivity contribution in [1.29, 1.82) is 5.26 Å². The van der Waals surface area contributed by atoms with Gasteiger partial charge in [0, 0.05) is 18.1 Å². The molecule has 14 heavy (non-hydrogen) atoms. The minimum atomic E-state index is 0.348. The first-order chi connectivity index (χ1) is 6.56. The second kappa shape index (κ2) is 4.34. The third kappa shape index (κ3) is 2.18. The van der Waals surface area contributed by atoms with E-state index in [1.165, 1.54) is 0 Å². The number of rotatable bonds is 2. The van der Waals surface area contributed by atoms with Crippen LogP contribution < -0.4 is 4.90 Å². The standard InChI is InChI=1S/C11H13ClN2/c1-8(2)14(3)11-6-10(12)5-4-9(11)7-13/h4-6,8H,1-3H3. The van der Waals surface area contributed by atoms with E-state index >= 15 is 0 Å². The highest BCUT2D eigenvalue weighted by molar-refractivity contribution is 6.30. The smallest absolute Gasteiger partial charge is 0.101 e. The van der Waals surface area contributed by atoms with Gasteiger partial charge in [0.05, 0.1) is 11.3 Å². The summed E-state index contributed by atoms with van der Waals surface area (Å²) in [5.74, 6) is 0. The van der Waals surface area contributed by atoms with Crippen LogP contribution in [0.2, 0.25) is 5.02 Å². The van der Waals surface area contributed by atoms with Crippen molar-refractivity contribution in [3.05, 3.63) is 28.8 Å². The van der Waals surface area contributed by atoms with Gasteiger partial charge in [-0.1, -0.05) is 11.6 Å². The van der Waals surface area contributed by atoms with E-state index in [-0.39, 0.29) is 0 Å². The van der Waals surface area contributed by atoms with E-state index < -0.39 is 0 Å². The molecule has 0 aliphatic carbocycles. The molecule has 0 N–H and O–H groups in total. The Kier molecular flexibility index (Phi) is 3.38. The number of hydrogen-bond donors (Lipinski definition) is 0. The van der Waals surface area contributed by atoms with Gasteiger partial charge < -0.3 is 4.90 Å². The zero-order chi connectivity index (χ0) is 10.7. The molecule has 0 aromatic heterocycles. The van der Waals surface area contributed by atoms with Crippen LogP contribution in [-0.4, -0.2) is 13.1 Å². The summed E-state index contributed by atoms with van der Waals surface area (Å²) in [5.41, 5.74) is 1.54. The zero-order valence-electron chi connectivity index (χ0n) is 8.58. The Hall–Kier alpha value is -1.20. The number of anilines is 1. The lowest BCUT2D eigenvalue weighted by Crippen LogP contribution is -2.26. The van der Waals surface area contributed by atoms with E-state index in [1.54, 1.807) is 12.1 Å². The van der Waals surface area contributed by atoms with Crippen LogP contribution in [0.4, 0.5) is 5.69 Å². The second-order valence-corrected chi connectivity index (χ2v) is 3.91. The summed E-state index contributed by atoms with van der Waals surface area (Å²) in [6.45, 7) is 4.14. The fourth-order valence-electron chi connectivity index (χ4n) is 1.17. The molecule has 0 unspecified atom stereocenters. The van der Waals surface area contributed by atoms with Crippen molar-refractivity contribution in [2.75, 3.05) is 11.9 Å². The van der Waals surface area contributed by atoms with Crippen molar-refractivity contribution in [3.63, 3.8) is 0 Å². The summed E-state index contributed by atoms with van der Waals surface area (Å²) in [5, 5.41) is 9.58. The summed E-state index contributed by atoms with van der Waals surface area (Å²) in [4.78, 5) is 2.03. The fourth-order valence-corrected chi connectivity index (χ4v) is 1.34. The molecule has 0 bridgehead atoms. The van der Waals surface area contributed by atoms with Crippen LogP contribution in [0.1, 0.15) is 19.4 Å². The van der Waals surface area contributed by atoms with Gasteiger partial charge in [0.25, 0.3) is 0 Å². The molecule has 2 nitrogen and oxygen atoms in total. The molecule has 0 atom stereocenters. The molecule has 0 fully saturated rings. The maximum atomic E-state index is 8.92. The number of benzene rings is 1. The molecule has 0 radical (unpaired) electrons. The Morgan fingerprint density at radius 1 is 1.43 bits per heavy atom. The van der Waals surface area contributed by atoms with Crippen LogP contribution >= 0.6 is 11.6 Å². The SMILES string of the molecule is CC(C)N(C)c1cc(Cl)ccc1C#N. The van der Waals surface area contributed by atoms with E-state index in [2.05, 4.69) is 19.9 Å². The summed E-state index contributed by atoms with van der Waals surface area (Å²) < 4.78 is 0. The summed E-state index contributed by atoms with van der Waals surface area (Å²) in [7, 11) is 1.96. The number of halogens is 1. The van der Waals surface area contributed by atoms with Crippen LogP contribution in [0.3, 0.4) is 0 Å². The molecule has 0 saturated heterocycles. The molecule has 74 valence electrons. The van der Waals surface area contributed by atoms with Gasteiger partial charge in [0.15, 0.2) is 0 Å². The lowest BCUT2D eigenvalue weighted by atomic mass is 10.1. The van der Waals surface area contributed by atoms with Crippen molar-refractivity contribution < 1.29 is 0 Å². The summed E-state index contributed by atoms with van der Waals surface area (Å²) >= 11 is 5.89. The molecule has 1 aromatic carbocycles. The average Bonchev–Trinajstić information content (AvgIpc) is 2.16. The van der Waals surface area contributed by atoms with Crippen LogP contribution in [-0.2, 0) is 0 Å². The Morgan fingerprint density at radius 2 is 2.07 bits per heavy atom. The first-order valence-electron chi connectivity index (χ1n) is 4.48. The van der Waals surface area contributed by atoms with E-state index in [0.717, 1.165) is 5.69 Å². The van der Waals surface area contributed by atoms with Crippen LogP contribution in [0.15, 0.2) is 18.2 Å². The molecular weight excluding hydrogens is 196 g/mol. The highest BCUT2D eigenvalue weighted by Crippen LogP contribution is 2.24. The van der Waals surface area contributed by atoms with Crippen molar-refractivity contribution in [1.82, 2.24) is 0 Å². The fraction of sp³-hybridized carbons (Fsp3) is 0.364. The topological polar surface area (TPSA) is 27.0 Å². The molecule has 1 rings (SSSR count). The predicted molar refractivity (Wildman–Crippen MR) is 59.7 cm³/mol. The average molecular weight is 209 g/mol. The monoisotopic (exact) mass is 208 g/mol. The Morgan fingerprint density at radius 3 is 2.57 bits per heavy atom. The third-order valence-electron chi connectivity index (χ3n) is 2.23. The van der Waals surface area contributed by atoms with Crippen LogP contribution in [0.5, 0.6) is 0 Å². The summed E-state index contributed by atoms with van der Waals surface area (Å²) in [6, 6.07) is 7.81. The van der Waals surface area contributed by atoms with Gasteiger partial charge in [0.1, 0.15) is 6.07 Å². The number of nitrogens with zero attached hydrogens (tertiary/aromatic N) is 2. The van der Waals surface area contributed by atoms with E-state index in [4.69, 9.17) is 16.9 Å². The zero-order valence-corrected chi connectivity index (χ0v) is 9.34. The molecule has 0 heterocycles. The minimum Gasteiger partial charge on any atom is -0.371 e. The maximum absolute atomic E-state index is 8.92. The highest BCUT2D eigenvalue weighted by atomic mass is 35.5. The van der Waals surface area contributed by atoms with E-state index in [0.29, 0.717) is 16.6 Å². The maximum Gasteiger partial charge on any atom is 0.101 e. The first kappa shape index (κ1) is 10.9. The van der Waals surface area contributed by atoms with Gasteiger partial charge in [-0.15, -0.1) is 0 Å². The lowest BCUT2D eigenvalue weighted by molar-refractivity contribution is 0.754. The molecule has 0 aliphatic heterocycles. The Balaban J connectivity index is 3.18. The molecular formula is C11H13ClN2. The molecule has 0 aliphatic rings. The third-order valence-corrected chi connectivity index (χ3v) is 2.47. The highest BCUT2D eigenvalue weighted by Gasteiger charge is 2.10. The summed E-state index contributed by atoms with van der Waals surface area (Å²) in [6.07, 6.45) is 0. The van der Waals surface area contributed by atoms with Gasteiger partial charge >= 0.3 is 0 Å². The number of nitriles is 1. The van der Waals surface area contributed by atoms with Crippen LogP contribution in [0, 0.1) is 11.3 Å².